The molecule has 0 atom stereocenters. The normalized spacial score (nSPS) is 14.7. The predicted octanol–water partition coefficient (Wildman–Crippen LogP) is 3.25. The van der Waals surface area contributed by atoms with Crippen molar-refractivity contribution < 1.29 is 4.79 Å². The number of hydrazine groups is 1. The summed E-state index contributed by atoms with van der Waals surface area (Å²) in [6.07, 6.45) is 6.00. The van der Waals surface area contributed by atoms with E-state index in [4.69, 9.17) is 17.4 Å². The van der Waals surface area contributed by atoms with Gasteiger partial charge in [0.15, 0.2) is 0 Å². The summed E-state index contributed by atoms with van der Waals surface area (Å²) in [4.78, 5) is 19.8. The number of amides is 1. The molecule has 1 aliphatic carbocycles. The SMILES string of the molecule is CC.NNC(=O)c1cnc(NC2(c3cccc(Cl)c3)CCC2)nc1. The molecule has 24 heavy (non-hydrogen) atoms. The quantitative estimate of drug-likeness (QED) is 0.448. The molecule has 1 aliphatic rings. The average molecular weight is 348 g/mol. The number of halogens is 1. The highest BCUT2D eigenvalue weighted by molar-refractivity contribution is 6.30. The molecule has 1 fully saturated rings. The van der Waals surface area contributed by atoms with E-state index in [1.54, 1.807) is 0 Å². The molecule has 1 aromatic carbocycles. The van der Waals surface area contributed by atoms with Crippen molar-refractivity contribution in [3.63, 3.8) is 0 Å². The Morgan fingerprint density at radius 2 is 1.92 bits per heavy atom. The first kappa shape index (κ1) is 18.2. The van der Waals surface area contributed by atoms with Gasteiger partial charge in [-0.15, -0.1) is 0 Å². The number of rotatable bonds is 4. The van der Waals surface area contributed by atoms with E-state index in [0.29, 0.717) is 16.5 Å². The lowest BCUT2D eigenvalue weighted by Gasteiger charge is -2.43. The van der Waals surface area contributed by atoms with Gasteiger partial charge in [-0.05, 0) is 37.0 Å². The molecule has 0 radical (unpaired) electrons. The summed E-state index contributed by atoms with van der Waals surface area (Å²) in [5.41, 5.74) is 3.30. The van der Waals surface area contributed by atoms with E-state index in [1.165, 1.54) is 12.4 Å². The van der Waals surface area contributed by atoms with Gasteiger partial charge in [-0.2, -0.15) is 0 Å². The second kappa shape index (κ2) is 8.08. The van der Waals surface area contributed by atoms with Crippen LogP contribution in [0.2, 0.25) is 5.02 Å². The van der Waals surface area contributed by atoms with Crippen LogP contribution in [-0.4, -0.2) is 15.9 Å². The summed E-state index contributed by atoms with van der Waals surface area (Å²) in [6.45, 7) is 4.00. The van der Waals surface area contributed by atoms with E-state index in [1.807, 2.05) is 43.5 Å². The maximum atomic E-state index is 11.4. The van der Waals surface area contributed by atoms with Crippen LogP contribution in [-0.2, 0) is 5.54 Å². The third-order valence-corrected chi connectivity index (χ3v) is 4.22. The number of carbonyl (C=O) groups is 1. The zero-order chi connectivity index (χ0) is 17.6. The van der Waals surface area contributed by atoms with Crippen molar-refractivity contribution in [1.82, 2.24) is 15.4 Å². The molecule has 1 aromatic heterocycles. The Kier molecular flexibility index (Phi) is 6.11. The minimum Gasteiger partial charge on any atom is -0.345 e. The Balaban J connectivity index is 0.00000100. The van der Waals surface area contributed by atoms with Crippen LogP contribution in [0.3, 0.4) is 0 Å². The number of hydrogen-bond donors (Lipinski definition) is 3. The second-order valence-corrected chi connectivity index (χ2v) is 5.78. The molecule has 4 N–H and O–H groups in total. The summed E-state index contributed by atoms with van der Waals surface area (Å²) >= 11 is 6.09. The first-order valence-corrected chi connectivity index (χ1v) is 8.38. The van der Waals surface area contributed by atoms with E-state index >= 15 is 0 Å². The summed E-state index contributed by atoms with van der Waals surface area (Å²) in [7, 11) is 0. The van der Waals surface area contributed by atoms with Crippen molar-refractivity contribution >= 4 is 23.5 Å². The maximum Gasteiger partial charge on any atom is 0.268 e. The Morgan fingerprint density at radius 1 is 1.25 bits per heavy atom. The molecule has 6 nitrogen and oxygen atoms in total. The van der Waals surface area contributed by atoms with Gasteiger partial charge in [0.05, 0.1) is 11.1 Å². The molecule has 1 amide bonds. The molecule has 1 saturated carbocycles. The van der Waals surface area contributed by atoms with Gasteiger partial charge in [0.25, 0.3) is 5.91 Å². The monoisotopic (exact) mass is 347 g/mol. The fourth-order valence-electron chi connectivity index (χ4n) is 2.61. The summed E-state index contributed by atoms with van der Waals surface area (Å²) in [5, 5.41) is 4.09. The Bertz CT molecular complexity index is 686. The molecule has 1 heterocycles. The van der Waals surface area contributed by atoms with Crippen LogP contribution in [0.4, 0.5) is 5.95 Å². The Morgan fingerprint density at radius 3 is 2.42 bits per heavy atom. The van der Waals surface area contributed by atoms with Gasteiger partial charge < -0.3 is 5.32 Å². The highest BCUT2D eigenvalue weighted by Crippen LogP contribution is 2.44. The van der Waals surface area contributed by atoms with Gasteiger partial charge in [0.2, 0.25) is 5.95 Å². The fraction of sp³-hybridized carbons (Fsp3) is 0.353. The minimum absolute atomic E-state index is 0.192. The van der Waals surface area contributed by atoms with Crippen molar-refractivity contribution in [2.75, 3.05) is 5.32 Å². The van der Waals surface area contributed by atoms with Gasteiger partial charge in [0.1, 0.15) is 0 Å². The highest BCUT2D eigenvalue weighted by Gasteiger charge is 2.39. The number of nitrogens with two attached hydrogens (primary N) is 1. The van der Waals surface area contributed by atoms with Crippen molar-refractivity contribution in [3.05, 3.63) is 52.8 Å². The lowest BCUT2D eigenvalue weighted by Crippen LogP contribution is -2.42. The number of nitrogens with one attached hydrogen (secondary N) is 2. The molecule has 0 unspecified atom stereocenters. The molecule has 0 bridgehead atoms. The maximum absolute atomic E-state index is 11.4. The molecular formula is C17H22ClN5O. The molecule has 128 valence electrons. The smallest absolute Gasteiger partial charge is 0.268 e. The standard InChI is InChI=1S/C15H16ClN5O.C2H6/c16-12-4-1-3-11(7-12)15(5-2-6-15)20-14-18-8-10(9-19-14)13(22)21-17;1-2/h1,3-4,7-9H,2,5-6,17H2,(H,21,22)(H,18,19,20);1-2H3. The highest BCUT2D eigenvalue weighted by atomic mass is 35.5. The first-order chi connectivity index (χ1) is 11.6. The number of anilines is 1. The molecule has 0 saturated heterocycles. The molecule has 2 aromatic rings. The average Bonchev–Trinajstić information content (AvgIpc) is 2.60. The van der Waals surface area contributed by atoms with Crippen molar-refractivity contribution in [3.8, 4) is 0 Å². The van der Waals surface area contributed by atoms with Crippen LogP contribution in [0.1, 0.15) is 49.0 Å². The molecule has 3 rings (SSSR count). The van der Waals surface area contributed by atoms with Gasteiger partial charge in [-0.25, -0.2) is 15.8 Å². The summed E-state index contributed by atoms with van der Waals surface area (Å²) in [6, 6.07) is 7.81. The molecule has 0 spiro atoms. The largest absolute Gasteiger partial charge is 0.345 e. The van der Waals surface area contributed by atoms with Crippen molar-refractivity contribution in [2.24, 2.45) is 5.84 Å². The number of nitrogens with zero attached hydrogens (tertiary/aromatic N) is 2. The van der Waals surface area contributed by atoms with Crippen LogP contribution < -0.4 is 16.6 Å². The first-order valence-electron chi connectivity index (χ1n) is 8.00. The van der Waals surface area contributed by atoms with E-state index < -0.39 is 5.91 Å². The number of hydrogen-bond acceptors (Lipinski definition) is 5. The Hall–Kier alpha value is -2.18. The van der Waals surface area contributed by atoms with Crippen LogP contribution in [0.15, 0.2) is 36.7 Å². The number of carbonyl (C=O) groups excluding carboxylic acids is 1. The van der Waals surface area contributed by atoms with Crippen LogP contribution >= 0.6 is 11.6 Å². The third kappa shape index (κ3) is 3.83. The van der Waals surface area contributed by atoms with Gasteiger partial charge in [-0.3, -0.25) is 10.2 Å². The molecule has 0 aliphatic heterocycles. The van der Waals surface area contributed by atoms with E-state index in [0.717, 1.165) is 24.8 Å². The van der Waals surface area contributed by atoms with E-state index in [9.17, 15) is 4.79 Å². The van der Waals surface area contributed by atoms with E-state index in [-0.39, 0.29) is 5.54 Å². The minimum atomic E-state index is -0.417. The number of benzene rings is 1. The van der Waals surface area contributed by atoms with Gasteiger partial charge in [0, 0.05) is 17.4 Å². The van der Waals surface area contributed by atoms with Crippen LogP contribution in [0.5, 0.6) is 0 Å². The lowest BCUT2D eigenvalue weighted by atomic mass is 9.72. The van der Waals surface area contributed by atoms with Crippen molar-refractivity contribution in [1.29, 1.82) is 0 Å². The molecular weight excluding hydrogens is 326 g/mol. The number of aromatic nitrogens is 2. The third-order valence-electron chi connectivity index (χ3n) is 3.98. The fourth-order valence-corrected chi connectivity index (χ4v) is 2.80. The van der Waals surface area contributed by atoms with E-state index in [2.05, 4.69) is 15.3 Å². The zero-order valence-corrected chi connectivity index (χ0v) is 14.6. The lowest BCUT2D eigenvalue weighted by molar-refractivity contribution is 0.0953. The zero-order valence-electron chi connectivity index (χ0n) is 13.8. The van der Waals surface area contributed by atoms with Crippen LogP contribution in [0.25, 0.3) is 0 Å². The Labute approximate surface area is 146 Å². The van der Waals surface area contributed by atoms with Gasteiger partial charge in [-0.1, -0.05) is 37.6 Å². The van der Waals surface area contributed by atoms with Crippen molar-refractivity contribution in [2.45, 2.75) is 38.6 Å². The van der Waals surface area contributed by atoms with Gasteiger partial charge >= 0.3 is 0 Å². The second-order valence-electron chi connectivity index (χ2n) is 5.34. The predicted molar refractivity (Wildman–Crippen MR) is 95.6 cm³/mol. The number of nitrogen functional groups attached to an aromatic ring is 1. The summed E-state index contributed by atoms with van der Waals surface area (Å²) in [5.74, 6) is 5.14. The summed E-state index contributed by atoms with van der Waals surface area (Å²) < 4.78 is 0. The van der Waals surface area contributed by atoms with Crippen LogP contribution in [0, 0.1) is 0 Å². The molecule has 7 heteroatoms. The topological polar surface area (TPSA) is 92.9 Å².